The first-order chi connectivity index (χ1) is 15.2. The monoisotopic (exact) mass is 466 g/mol. The molecule has 0 spiro atoms. The fourth-order valence-electron chi connectivity index (χ4n) is 3.96. The Kier molecular flexibility index (Phi) is 7.78. The summed E-state index contributed by atoms with van der Waals surface area (Å²) in [5.41, 5.74) is 10.2. The van der Waals surface area contributed by atoms with E-state index in [1.165, 1.54) is 18.4 Å². The molecule has 0 amide bonds. The Morgan fingerprint density at radius 3 is 2.72 bits per heavy atom. The molecule has 0 bridgehead atoms. The summed E-state index contributed by atoms with van der Waals surface area (Å²) in [6, 6.07) is -0.272. The van der Waals surface area contributed by atoms with Gasteiger partial charge in [0.05, 0.1) is 11.3 Å². The summed E-state index contributed by atoms with van der Waals surface area (Å²) in [7, 11) is 0. The molecule has 3 aliphatic rings. The van der Waals surface area contributed by atoms with Gasteiger partial charge < -0.3 is 16.0 Å². The quantitative estimate of drug-likeness (QED) is 0.439. The van der Waals surface area contributed by atoms with Crippen LogP contribution in [0.3, 0.4) is 0 Å². The molecule has 0 radical (unpaired) electrons. The zero-order valence-electron chi connectivity index (χ0n) is 18.0. The summed E-state index contributed by atoms with van der Waals surface area (Å²) in [4.78, 5) is 4.08. The van der Waals surface area contributed by atoms with Gasteiger partial charge in [-0.25, -0.2) is 0 Å². The van der Waals surface area contributed by atoms with Gasteiger partial charge in [0.15, 0.2) is 5.11 Å². The molecule has 32 heavy (non-hydrogen) atoms. The van der Waals surface area contributed by atoms with E-state index in [2.05, 4.69) is 27.3 Å². The Morgan fingerprint density at radius 1 is 1.34 bits per heavy atom. The molecule has 2 heterocycles. The lowest BCUT2D eigenvalue weighted by Crippen LogP contribution is -2.54. The van der Waals surface area contributed by atoms with Crippen molar-refractivity contribution in [3.8, 4) is 0 Å². The molecule has 2 fully saturated rings. The number of hydrogen-bond acceptors (Lipinski definition) is 5. The third-order valence-corrected chi connectivity index (χ3v) is 6.18. The Morgan fingerprint density at radius 2 is 2.06 bits per heavy atom. The molecule has 1 aliphatic carbocycles. The number of nitrogens with one attached hydrogen (secondary N) is 2. The number of nitrogens with two attached hydrogens (primary N) is 1. The van der Waals surface area contributed by atoms with Crippen molar-refractivity contribution in [1.29, 1.82) is 0 Å². The number of piperidine rings is 1. The number of alkyl halides is 3. The van der Waals surface area contributed by atoms with Gasteiger partial charge in [0.2, 0.25) is 0 Å². The third-order valence-electron chi connectivity index (χ3n) is 5.83. The first-order valence-electron chi connectivity index (χ1n) is 10.6. The molecule has 2 atom stereocenters. The smallest absolute Gasteiger partial charge is 0.405 e. The number of thiocarbonyl (C=S) groups is 1. The van der Waals surface area contributed by atoms with Crippen LogP contribution in [0.2, 0.25) is 0 Å². The molecule has 10 heteroatoms. The van der Waals surface area contributed by atoms with Crippen molar-refractivity contribution in [3.63, 3.8) is 0 Å². The molecule has 2 saturated heterocycles. The van der Waals surface area contributed by atoms with E-state index in [1.54, 1.807) is 12.2 Å². The minimum Gasteiger partial charge on any atom is -0.405 e. The largest absolute Gasteiger partial charge is 0.416 e. The second-order valence-corrected chi connectivity index (χ2v) is 8.33. The van der Waals surface area contributed by atoms with Gasteiger partial charge in [0.1, 0.15) is 0 Å². The normalized spacial score (nSPS) is 27.7. The number of hydrogen-bond donors (Lipinski definition) is 3. The van der Waals surface area contributed by atoms with Gasteiger partial charge in [-0.05, 0) is 36.5 Å². The third kappa shape index (κ3) is 5.80. The van der Waals surface area contributed by atoms with E-state index in [4.69, 9.17) is 18.0 Å². The average Bonchev–Trinajstić information content (AvgIpc) is 2.77. The molecular formula is C22H29F3N6S. The molecular weight excluding hydrogens is 437 g/mol. The molecule has 2 unspecified atom stereocenters. The summed E-state index contributed by atoms with van der Waals surface area (Å²) < 4.78 is 39.4. The van der Waals surface area contributed by atoms with Crippen molar-refractivity contribution in [2.75, 3.05) is 32.7 Å². The highest BCUT2D eigenvalue weighted by Crippen LogP contribution is 2.32. The van der Waals surface area contributed by atoms with Crippen LogP contribution in [0.4, 0.5) is 13.2 Å². The summed E-state index contributed by atoms with van der Waals surface area (Å²) in [6.45, 7) is 9.24. The maximum absolute atomic E-state index is 13.1. The molecule has 6 nitrogen and oxygen atoms in total. The lowest BCUT2D eigenvalue weighted by molar-refractivity contribution is -0.0893. The Bertz CT molecular complexity index is 879. The average molecular weight is 467 g/mol. The minimum absolute atomic E-state index is 0.0198. The highest BCUT2D eigenvalue weighted by molar-refractivity contribution is 7.80. The van der Waals surface area contributed by atoms with Crippen LogP contribution in [0.15, 0.2) is 65.1 Å². The van der Waals surface area contributed by atoms with E-state index in [0.717, 1.165) is 23.5 Å². The van der Waals surface area contributed by atoms with Crippen molar-refractivity contribution >= 4 is 23.0 Å². The fourth-order valence-corrected chi connectivity index (χ4v) is 4.19. The summed E-state index contributed by atoms with van der Waals surface area (Å²) in [6.07, 6.45) is 5.57. The lowest BCUT2D eigenvalue weighted by atomic mass is 9.91. The number of hydrazone groups is 1. The number of halogens is 3. The molecule has 0 saturated carbocycles. The van der Waals surface area contributed by atoms with Gasteiger partial charge in [0.25, 0.3) is 0 Å². The van der Waals surface area contributed by atoms with Crippen LogP contribution >= 0.6 is 12.2 Å². The molecule has 0 aromatic heterocycles. The van der Waals surface area contributed by atoms with Crippen molar-refractivity contribution in [2.45, 2.75) is 25.6 Å². The maximum atomic E-state index is 13.1. The first kappa shape index (κ1) is 24.1. The first-order valence-corrected chi connectivity index (χ1v) is 11.0. The van der Waals surface area contributed by atoms with Gasteiger partial charge in [0, 0.05) is 56.5 Å². The second-order valence-electron chi connectivity index (χ2n) is 7.95. The minimum atomic E-state index is -4.32. The van der Waals surface area contributed by atoms with Crippen molar-refractivity contribution in [3.05, 3.63) is 60.0 Å². The predicted octanol–water partition coefficient (Wildman–Crippen LogP) is 2.80. The number of piperazine rings is 1. The summed E-state index contributed by atoms with van der Waals surface area (Å²) in [5.74, 6) is 0.0198. The van der Waals surface area contributed by atoms with Gasteiger partial charge in [-0.15, -0.1) is 0 Å². The molecule has 174 valence electrons. The zero-order chi connectivity index (χ0) is 23.3. The predicted molar refractivity (Wildman–Crippen MR) is 126 cm³/mol. The maximum Gasteiger partial charge on any atom is 0.416 e. The van der Waals surface area contributed by atoms with E-state index in [1.807, 2.05) is 17.9 Å². The van der Waals surface area contributed by atoms with E-state index < -0.39 is 11.7 Å². The highest BCUT2D eigenvalue weighted by atomic mass is 32.1. The topological polar surface area (TPSA) is 68.9 Å². The van der Waals surface area contributed by atoms with E-state index in [-0.39, 0.29) is 12.0 Å². The van der Waals surface area contributed by atoms with Crippen LogP contribution < -0.4 is 16.5 Å². The molecule has 4 N–H and O–H groups in total. The van der Waals surface area contributed by atoms with Crippen molar-refractivity contribution in [1.82, 2.24) is 20.5 Å². The number of allylic oxidation sites excluding steroid dienone is 5. The Labute approximate surface area is 192 Å². The Hall–Kier alpha value is -2.59. The van der Waals surface area contributed by atoms with Crippen LogP contribution in [-0.2, 0) is 0 Å². The van der Waals surface area contributed by atoms with Crippen LogP contribution in [0.1, 0.15) is 13.3 Å². The Balaban J connectivity index is 1.56. The van der Waals surface area contributed by atoms with E-state index >= 15 is 0 Å². The van der Waals surface area contributed by atoms with Gasteiger partial charge in [-0.2, -0.15) is 18.3 Å². The van der Waals surface area contributed by atoms with Gasteiger partial charge in [-0.3, -0.25) is 10.3 Å². The zero-order valence-corrected chi connectivity index (χ0v) is 18.8. The van der Waals surface area contributed by atoms with E-state index in [9.17, 15) is 13.2 Å². The van der Waals surface area contributed by atoms with Crippen molar-refractivity contribution in [2.24, 2.45) is 16.8 Å². The standard InChI is InChI=1S/C22H29F3N6S/c1-15-5-6-17(22(23,24)25)14-20(15)30-10-12-31(13-11-30)21(32)29-28-19-7-9-27-18(16(19)2)4-3-8-26/h3-6,8,14-15,20,27H,2,7,9-13,26H2,1H3,(H,29,32)/b8-3-,18-4+,28-19-. The SMILES string of the molecule is C=C1/C(=N\NC(=S)N2CCN(C3C=C(C(F)(F)F)C=CC3C)CC2)CCN/C1=C/C=C\N. The van der Waals surface area contributed by atoms with Crippen LogP contribution in [-0.4, -0.2) is 65.6 Å². The van der Waals surface area contributed by atoms with Gasteiger partial charge in [-0.1, -0.05) is 31.7 Å². The van der Waals surface area contributed by atoms with Crippen LogP contribution in [0.25, 0.3) is 0 Å². The van der Waals surface area contributed by atoms with Crippen molar-refractivity contribution < 1.29 is 13.2 Å². The van der Waals surface area contributed by atoms with Crippen LogP contribution in [0, 0.1) is 5.92 Å². The highest BCUT2D eigenvalue weighted by Gasteiger charge is 2.36. The molecule has 2 aliphatic heterocycles. The molecule has 0 aromatic carbocycles. The number of nitrogens with zero attached hydrogens (tertiary/aromatic N) is 3. The van der Waals surface area contributed by atoms with E-state index in [0.29, 0.717) is 37.7 Å². The fraction of sp³-hybridized carbons (Fsp3) is 0.455. The molecule has 3 rings (SSSR count). The van der Waals surface area contributed by atoms with Gasteiger partial charge >= 0.3 is 6.18 Å². The lowest BCUT2D eigenvalue weighted by Gasteiger charge is -2.41. The van der Waals surface area contributed by atoms with Crippen LogP contribution in [0.5, 0.6) is 0 Å². The number of rotatable bonds is 3. The summed E-state index contributed by atoms with van der Waals surface area (Å²) in [5, 5.41) is 8.20. The summed E-state index contributed by atoms with van der Waals surface area (Å²) >= 11 is 5.50. The second kappa shape index (κ2) is 10.4. The molecule has 0 aromatic rings.